The van der Waals surface area contributed by atoms with Gasteiger partial charge in [-0.2, -0.15) is 22.7 Å². The van der Waals surface area contributed by atoms with E-state index in [0.717, 1.165) is 29.1 Å². The zero-order valence-electron chi connectivity index (χ0n) is 18.3. The van der Waals surface area contributed by atoms with Gasteiger partial charge < -0.3 is 9.30 Å². The number of alkyl halides is 3. The molecule has 0 saturated heterocycles. The van der Waals surface area contributed by atoms with Gasteiger partial charge in [0.1, 0.15) is 5.75 Å². The van der Waals surface area contributed by atoms with Gasteiger partial charge in [0.2, 0.25) is 0 Å². The fourth-order valence-corrected chi connectivity index (χ4v) is 3.74. The normalized spacial score (nSPS) is 11.8. The molecular weight excluding hydrogens is 445 g/mol. The third kappa shape index (κ3) is 4.09. The quantitative estimate of drug-likeness (QED) is 0.370. The second-order valence-electron chi connectivity index (χ2n) is 7.75. The predicted octanol–water partition coefficient (Wildman–Crippen LogP) is 4.90. The van der Waals surface area contributed by atoms with Crippen LogP contribution in [-0.2, 0) is 12.6 Å². The summed E-state index contributed by atoms with van der Waals surface area (Å²) in [5.41, 5.74) is 3.17. The predicted molar refractivity (Wildman–Crippen MR) is 119 cm³/mol. The van der Waals surface area contributed by atoms with Crippen LogP contribution in [0.1, 0.15) is 22.6 Å². The van der Waals surface area contributed by atoms with Gasteiger partial charge in [0.25, 0.3) is 5.78 Å². The Morgan fingerprint density at radius 2 is 1.79 bits per heavy atom. The zero-order chi connectivity index (χ0) is 23.9. The Hall–Kier alpha value is -4.21. The summed E-state index contributed by atoms with van der Waals surface area (Å²) in [7, 11) is 1.61. The number of imidazole rings is 1. The molecule has 5 rings (SSSR count). The van der Waals surface area contributed by atoms with E-state index in [9.17, 15) is 13.2 Å². The molecule has 3 heterocycles. The second-order valence-corrected chi connectivity index (χ2v) is 7.75. The van der Waals surface area contributed by atoms with E-state index in [2.05, 4.69) is 20.1 Å². The van der Waals surface area contributed by atoms with Crippen LogP contribution in [0.5, 0.6) is 5.75 Å². The molecular formula is C24H19F3N6O. The number of rotatable bonds is 5. The first kappa shape index (κ1) is 21.6. The summed E-state index contributed by atoms with van der Waals surface area (Å²) in [6.45, 7) is 1.92. The Balaban J connectivity index is 1.46. The smallest absolute Gasteiger partial charge is 0.416 e. The Labute approximate surface area is 192 Å². The number of hydrogen-bond donors (Lipinski definition) is 0. The number of ether oxygens (including phenoxy) is 1. The van der Waals surface area contributed by atoms with Gasteiger partial charge in [0.05, 0.1) is 36.1 Å². The lowest BCUT2D eigenvalue weighted by molar-refractivity contribution is -0.137. The third-order valence-corrected chi connectivity index (χ3v) is 5.39. The van der Waals surface area contributed by atoms with Crippen LogP contribution in [0.25, 0.3) is 22.7 Å². The molecule has 10 heteroatoms. The number of methoxy groups -OCH3 is 1. The summed E-state index contributed by atoms with van der Waals surface area (Å²) in [6, 6.07) is 12.4. The molecule has 0 atom stereocenters. The van der Waals surface area contributed by atoms with Crippen LogP contribution in [0.4, 0.5) is 13.2 Å². The highest BCUT2D eigenvalue weighted by Gasteiger charge is 2.30. The Morgan fingerprint density at radius 1 is 1.00 bits per heavy atom. The van der Waals surface area contributed by atoms with Crippen LogP contribution in [0.2, 0.25) is 0 Å². The number of nitrogens with zero attached hydrogens (tertiary/aromatic N) is 6. The van der Waals surface area contributed by atoms with Crippen molar-refractivity contribution in [1.29, 1.82) is 0 Å². The molecule has 34 heavy (non-hydrogen) atoms. The van der Waals surface area contributed by atoms with Crippen molar-refractivity contribution in [3.05, 3.63) is 89.9 Å². The van der Waals surface area contributed by atoms with E-state index >= 15 is 0 Å². The molecule has 0 spiro atoms. The van der Waals surface area contributed by atoms with Gasteiger partial charge in [0.15, 0.2) is 5.82 Å². The van der Waals surface area contributed by atoms with Crippen molar-refractivity contribution in [1.82, 2.24) is 29.1 Å². The zero-order valence-corrected chi connectivity index (χ0v) is 18.3. The second kappa shape index (κ2) is 8.29. The van der Waals surface area contributed by atoms with Crippen molar-refractivity contribution in [3.63, 3.8) is 0 Å². The van der Waals surface area contributed by atoms with E-state index in [-0.39, 0.29) is 0 Å². The minimum atomic E-state index is -4.39. The average molecular weight is 464 g/mol. The maximum atomic E-state index is 12.9. The van der Waals surface area contributed by atoms with Crippen molar-refractivity contribution < 1.29 is 17.9 Å². The molecule has 0 unspecified atom stereocenters. The van der Waals surface area contributed by atoms with Gasteiger partial charge in [-0.25, -0.2) is 9.97 Å². The topological polar surface area (TPSA) is 70.1 Å². The van der Waals surface area contributed by atoms with Crippen LogP contribution in [-0.4, -0.2) is 36.2 Å². The van der Waals surface area contributed by atoms with E-state index in [1.54, 1.807) is 25.7 Å². The molecule has 0 amide bonds. The Bertz CT molecular complexity index is 1470. The highest BCUT2D eigenvalue weighted by atomic mass is 19.4. The average Bonchev–Trinajstić information content (AvgIpc) is 3.44. The van der Waals surface area contributed by atoms with Crippen molar-refractivity contribution in [2.75, 3.05) is 7.11 Å². The van der Waals surface area contributed by atoms with Crippen LogP contribution in [0.15, 0.2) is 67.3 Å². The molecule has 0 N–H and O–H groups in total. The minimum Gasteiger partial charge on any atom is -0.495 e. The highest BCUT2D eigenvalue weighted by Crippen LogP contribution is 2.31. The van der Waals surface area contributed by atoms with E-state index in [0.29, 0.717) is 35.0 Å². The van der Waals surface area contributed by atoms with Crippen molar-refractivity contribution in [2.24, 2.45) is 0 Å². The van der Waals surface area contributed by atoms with Gasteiger partial charge in [-0.15, -0.1) is 5.10 Å². The number of benzene rings is 2. The van der Waals surface area contributed by atoms with Gasteiger partial charge >= 0.3 is 6.18 Å². The third-order valence-electron chi connectivity index (χ3n) is 5.39. The van der Waals surface area contributed by atoms with Gasteiger partial charge in [-0.1, -0.05) is 18.2 Å². The van der Waals surface area contributed by atoms with E-state index in [1.165, 1.54) is 16.6 Å². The van der Waals surface area contributed by atoms with E-state index in [1.807, 2.05) is 35.9 Å². The maximum absolute atomic E-state index is 12.9. The number of hydrogen-bond acceptors (Lipinski definition) is 5. The molecule has 0 aliphatic rings. The largest absolute Gasteiger partial charge is 0.495 e. The fourth-order valence-electron chi connectivity index (χ4n) is 3.74. The summed E-state index contributed by atoms with van der Waals surface area (Å²) >= 11 is 0. The standard InChI is InChI=1S/C24H19F3N6O/c1-15-13-32(14-29-15)20-8-3-16(11-21(20)34-2)12-22-30-23-28-10-9-19(33(23)31-22)17-4-6-18(7-5-17)24(25,26)27/h3-11,13-14H,12H2,1-2H3. The number of halogens is 3. The number of aromatic nitrogens is 6. The van der Waals surface area contributed by atoms with Crippen molar-refractivity contribution >= 4 is 5.78 Å². The molecule has 0 aliphatic carbocycles. The molecule has 0 saturated carbocycles. The molecule has 3 aromatic heterocycles. The number of aryl methyl sites for hydroxylation is 1. The van der Waals surface area contributed by atoms with E-state index < -0.39 is 11.7 Å². The van der Waals surface area contributed by atoms with E-state index in [4.69, 9.17) is 4.74 Å². The minimum absolute atomic E-state index is 0.366. The van der Waals surface area contributed by atoms with Gasteiger partial charge in [0, 0.05) is 24.4 Å². The molecule has 0 bridgehead atoms. The molecule has 0 aliphatic heterocycles. The van der Waals surface area contributed by atoms with Crippen LogP contribution in [0.3, 0.4) is 0 Å². The summed E-state index contributed by atoms with van der Waals surface area (Å²) in [6.07, 6.45) is 1.24. The number of fused-ring (bicyclic) bond motifs is 1. The molecule has 172 valence electrons. The lowest BCUT2D eigenvalue weighted by atomic mass is 10.1. The maximum Gasteiger partial charge on any atom is 0.416 e. The lowest BCUT2D eigenvalue weighted by Crippen LogP contribution is -2.04. The van der Waals surface area contributed by atoms with Gasteiger partial charge in [-0.3, -0.25) is 0 Å². The van der Waals surface area contributed by atoms with Crippen LogP contribution < -0.4 is 4.74 Å². The van der Waals surface area contributed by atoms with Crippen LogP contribution >= 0.6 is 0 Å². The van der Waals surface area contributed by atoms with Crippen molar-refractivity contribution in [3.8, 4) is 22.7 Å². The molecule has 5 aromatic rings. The van der Waals surface area contributed by atoms with Crippen LogP contribution in [0, 0.1) is 6.92 Å². The summed E-state index contributed by atoms with van der Waals surface area (Å²) < 4.78 is 47.7. The first-order chi connectivity index (χ1) is 16.3. The lowest BCUT2D eigenvalue weighted by Gasteiger charge is -2.10. The fraction of sp³-hybridized carbons (Fsp3) is 0.167. The summed E-state index contributed by atoms with van der Waals surface area (Å²) in [5.74, 6) is 1.58. The SMILES string of the molecule is COc1cc(Cc2nc3nccc(-c4ccc(C(F)(F)F)cc4)n3n2)ccc1-n1cnc(C)c1. The van der Waals surface area contributed by atoms with Gasteiger partial charge in [-0.05, 0) is 42.8 Å². The first-order valence-corrected chi connectivity index (χ1v) is 10.4. The molecule has 0 fully saturated rings. The Morgan fingerprint density at radius 3 is 2.47 bits per heavy atom. The highest BCUT2D eigenvalue weighted by molar-refractivity contribution is 5.62. The summed E-state index contributed by atoms with van der Waals surface area (Å²) in [5, 5.41) is 4.56. The Kier molecular flexibility index (Phi) is 5.27. The first-order valence-electron chi connectivity index (χ1n) is 10.4. The monoisotopic (exact) mass is 464 g/mol. The van der Waals surface area contributed by atoms with Crippen molar-refractivity contribution in [2.45, 2.75) is 19.5 Å². The molecule has 7 nitrogen and oxygen atoms in total. The molecule has 0 radical (unpaired) electrons. The summed E-state index contributed by atoms with van der Waals surface area (Å²) in [4.78, 5) is 13.0. The molecule has 2 aromatic carbocycles.